The van der Waals surface area contributed by atoms with Crippen LogP contribution in [0.25, 0.3) is 0 Å². The molecule has 1 fully saturated rings. The maximum Gasteiger partial charge on any atom is 0.411 e. The van der Waals surface area contributed by atoms with E-state index in [4.69, 9.17) is 9.16 Å². The average molecular weight is 507 g/mol. The van der Waals surface area contributed by atoms with Gasteiger partial charge in [0.05, 0.1) is 6.10 Å². The Morgan fingerprint density at radius 2 is 1.80 bits per heavy atom. The van der Waals surface area contributed by atoms with Crippen LogP contribution in [0.4, 0.5) is 14.9 Å². The minimum atomic E-state index is -2.14. The van der Waals surface area contributed by atoms with Gasteiger partial charge in [-0.3, -0.25) is 9.69 Å². The second-order valence-corrected chi connectivity index (χ2v) is 17.0. The number of nitrogens with zero attached hydrogens (tertiary/aromatic N) is 1. The van der Waals surface area contributed by atoms with Crippen LogP contribution in [0, 0.1) is 11.7 Å². The van der Waals surface area contributed by atoms with Crippen molar-refractivity contribution in [2.45, 2.75) is 96.7 Å². The Labute approximate surface area is 208 Å². The standard InChI is InChI=1S/C26H39FN2O5Si/c1-25(2,3)33-24(32)29-14-19(34-35(7,8)26(4,5)6)13-22(29)23(31)28-18-11-17-9-16(15-30)10-20(17)21(27)12-18/h11-12,15-16,19,22H,9-10,13-14H2,1-8H3,(H,28,31)/t16?,19-,22+/m0/s1. The average Bonchev–Trinajstić information content (AvgIpc) is 3.29. The molecule has 0 radical (unpaired) electrons. The van der Waals surface area contributed by atoms with E-state index in [1.807, 2.05) is 0 Å². The van der Waals surface area contributed by atoms with Crippen LogP contribution in [0.5, 0.6) is 0 Å². The van der Waals surface area contributed by atoms with Crippen LogP contribution in [0.15, 0.2) is 12.1 Å². The molecule has 2 aliphatic rings. The Hall–Kier alpha value is -2.26. The first-order valence-corrected chi connectivity index (χ1v) is 15.2. The third-order valence-electron chi connectivity index (χ3n) is 7.16. The zero-order chi connectivity index (χ0) is 26.3. The lowest BCUT2D eigenvalue weighted by Crippen LogP contribution is -2.46. The zero-order valence-electron chi connectivity index (χ0n) is 22.2. The summed E-state index contributed by atoms with van der Waals surface area (Å²) < 4.78 is 26.8. The van der Waals surface area contributed by atoms with Crippen molar-refractivity contribution in [2.24, 2.45) is 5.92 Å². The van der Waals surface area contributed by atoms with Gasteiger partial charge in [-0.1, -0.05) is 20.8 Å². The number of carbonyl (C=O) groups excluding carboxylic acids is 3. The molecule has 194 valence electrons. The van der Waals surface area contributed by atoms with Gasteiger partial charge < -0.3 is 19.3 Å². The van der Waals surface area contributed by atoms with Gasteiger partial charge in [0.1, 0.15) is 23.7 Å². The molecule has 3 atom stereocenters. The molecule has 0 spiro atoms. The number of rotatable bonds is 5. The molecule has 1 aliphatic heterocycles. The molecule has 1 aromatic rings. The molecule has 9 heteroatoms. The lowest BCUT2D eigenvalue weighted by Gasteiger charge is -2.38. The minimum Gasteiger partial charge on any atom is -0.444 e. The molecular formula is C26H39FN2O5Si. The maximum absolute atomic E-state index is 14.7. The Kier molecular flexibility index (Phi) is 7.54. The van der Waals surface area contributed by atoms with E-state index >= 15 is 0 Å². The summed E-state index contributed by atoms with van der Waals surface area (Å²) in [4.78, 5) is 38.9. The number of carbonyl (C=O) groups is 3. The van der Waals surface area contributed by atoms with Crippen molar-refractivity contribution in [3.05, 3.63) is 29.1 Å². The van der Waals surface area contributed by atoms with Crippen molar-refractivity contribution < 1.29 is 27.9 Å². The molecule has 1 heterocycles. The summed E-state index contributed by atoms with van der Waals surface area (Å²) >= 11 is 0. The molecule has 0 bridgehead atoms. The Bertz CT molecular complexity index is 999. The highest BCUT2D eigenvalue weighted by Gasteiger charge is 2.46. The van der Waals surface area contributed by atoms with E-state index in [1.54, 1.807) is 26.8 Å². The van der Waals surface area contributed by atoms with Gasteiger partial charge in [0, 0.05) is 24.6 Å². The lowest BCUT2D eigenvalue weighted by molar-refractivity contribution is -0.120. The predicted molar refractivity (Wildman–Crippen MR) is 135 cm³/mol. The first-order chi connectivity index (χ1) is 16.0. The van der Waals surface area contributed by atoms with E-state index in [2.05, 4.69) is 39.2 Å². The number of halogens is 1. The zero-order valence-corrected chi connectivity index (χ0v) is 23.2. The molecule has 35 heavy (non-hydrogen) atoms. The Balaban J connectivity index is 1.81. The molecule has 1 unspecified atom stereocenters. The van der Waals surface area contributed by atoms with Crippen molar-refractivity contribution in [1.82, 2.24) is 4.90 Å². The monoisotopic (exact) mass is 506 g/mol. The molecule has 1 aliphatic carbocycles. The van der Waals surface area contributed by atoms with E-state index in [-0.39, 0.29) is 23.6 Å². The van der Waals surface area contributed by atoms with Crippen LogP contribution in [0.3, 0.4) is 0 Å². The van der Waals surface area contributed by atoms with Crippen molar-refractivity contribution in [3.63, 3.8) is 0 Å². The number of hydrogen-bond acceptors (Lipinski definition) is 5. The predicted octanol–water partition coefficient (Wildman–Crippen LogP) is 5.08. The molecule has 1 aromatic carbocycles. The first kappa shape index (κ1) is 27.3. The summed E-state index contributed by atoms with van der Waals surface area (Å²) in [6, 6.07) is 2.19. The van der Waals surface area contributed by atoms with Gasteiger partial charge >= 0.3 is 6.09 Å². The summed E-state index contributed by atoms with van der Waals surface area (Å²) in [7, 11) is -2.14. The van der Waals surface area contributed by atoms with Gasteiger partial charge in [-0.2, -0.15) is 0 Å². The van der Waals surface area contributed by atoms with Crippen LogP contribution in [0.2, 0.25) is 18.1 Å². The Morgan fingerprint density at radius 3 is 2.37 bits per heavy atom. The minimum absolute atomic E-state index is 0.0224. The molecule has 3 rings (SSSR count). The van der Waals surface area contributed by atoms with Gasteiger partial charge in [0.25, 0.3) is 0 Å². The molecule has 0 saturated carbocycles. The molecular weight excluding hydrogens is 467 g/mol. The quantitative estimate of drug-likeness (QED) is 0.445. The number of benzene rings is 1. The fourth-order valence-electron chi connectivity index (χ4n) is 4.36. The molecule has 0 aromatic heterocycles. The second kappa shape index (κ2) is 9.65. The first-order valence-electron chi connectivity index (χ1n) is 12.3. The number of hydrogen-bond donors (Lipinski definition) is 1. The number of anilines is 1. The van der Waals surface area contributed by atoms with E-state index in [1.165, 1.54) is 11.0 Å². The highest BCUT2D eigenvalue weighted by atomic mass is 28.4. The number of fused-ring (bicyclic) bond motifs is 1. The van der Waals surface area contributed by atoms with E-state index in [9.17, 15) is 18.8 Å². The molecule has 7 nitrogen and oxygen atoms in total. The number of likely N-dealkylation sites (tertiary alicyclic amines) is 1. The summed E-state index contributed by atoms with van der Waals surface area (Å²) in [5.74, 6) is -1.09. The third kappa shape index (κ3) is 6.30. The fourth-order valence-corrected chi connectivity index (χ4v) is 5.72. The lowest BCUT2D eigenvalue weighted by atomic mass is 10.1. The number of aldehydes is 1. The van der Waals surface area contributed by atoms with Crippen molar-refractivity contribution in [3.8, 4) is 0 Å². The van der Waals surface area contributed by atoms with Gasteiger partial charge in [0.2, 0.25) is 5.91 Å². The smallest absolute Gasteiger partial charge is 0.411 e. The van der Waals surface area contributed by atoms with Gasteiger partial charge in [-0.05, 0) is 75.0 Å². The molecule has 1 N–H and O–H groups in total. The van der Waals surface area contributed by atoms with E-state index < -0.39 is 37.8 Å². The van der Waals surface area contributed by atoms with Crippen molar-refractivity contribution in [2.75, 3.05) is 11.9 Å². The summed E-state index contributed by atoms with van der Waals surface area (Å²) in [6.07, 6.45) is 1.13. The van der Waals surface area contributed by atoms with Gasteiger partial charge in [-0.25, -0.2) is 9.18 Å². The normalized spacial score (nSPS) is 22.7. The van der Waals surface area contributed by atoms with Crippen molar-refractivity contribution >= 4 is 32.3 Å². The highest BCUT2D eigenvalue weighted by Crippen LogP contribution is 2.39. The number of amides is 2. The van der Waals surface area contributed by atoms with Crippen LogP contribution < -0.4 is 5.32 Å². The molecule has 1 saturated heterocycles. The third-order valence-corrected chi connectivity index (χ3v) is 11.7. The second-order valence-electron chi connectivity index (χ2n) is 12.3. The van der Waals surface area contributed by atoms with Crippen LogP contribution in [-0.4, -0.2) is 55.8 Å². The van der Waals surface area contributed by atoms with Crippen LogP contribution in [0.1, 0.15) is 59.1 Å². The van der Waals surface area contributed by atoms with E-state index in [0.717, 1.165) is 11.8 Å². The SMILES string of the molecule is CC(C)(C)OC(=O)N1C[C@@H](O[Si](C)(C)C(C)(C)C)C[C@@H]1C(=O)Nc1cc(F)c2c(c1)CC(C=O)C2. The largest absolute Gasteiger partial charge is 0.444 e. The van der Waals surface area contributed by atoms with Crippen LogP contribution in [-0.2, 0) is 31.6 Å². The number of nitrogens with one attached hydrogen (secondary N) is 1. The van der Waals surface area contributed by atoms with Gasteiger partial charge in [0.15, 0.2) is 8.32 Å². The molecule has 2 amide bonds. The van der Waals surface area contributed by atoms with E-state index in [0.29, 0.717) is 30.5 Å². The summed E-state index contributed by atoms with van der Waals surface area (Å²) in [5.41, 5.74) is 0.858. The van der Waals surface area contributed by atoms with Gasteiger partial charge in [-0.15, -0.1) is 0 Å². The maximum atomic E-state index is 14.7. The highest BCUT2D eigenvalue weighted by molar-refractivity contribution is 6.74. The Morgan fingerprint density at radius 1 is 1.14 bits per heavy atom. The summed E-state index contributed by atoms with van der Waals surface area (Å²) in [6.45, 7) is 16.3. The van der Waals surface area contributed by atoms with Crippen LogP contribution >= 0.6 is 0 Å². The van der Waals surface area contributed by atoms with Crippen molar-refractivity contribution in [1.29, 1.82) is 0 Å². The fraction of sp³-hybridized carbons (Fsp3) is 0.654. The topological polar surface area (TPSA) is 84.9 Å². The summed E-state index contributed by atoms with van der Waals surface area (Å²) in [5, 5.41) is 2.77. The number of ether oxygens (including phenoxy) is 1.